The maximum Gasteiger partial charge on any atom is 0.178 e. The molecule has 0 bridgehead atoms. The van der Waals surface area contributed by atoms with Crippen molar-refractivity contribution in [2.24, 2.45) is 11.8 Å². The highest BCUT2D eigenvalue weighted by Gasteiger charge is 2.16. The first-order chi connectivity index (χ1) is 8.74. The third-order valence-electron chi connectivity index (χ3n) is 2.99. The van der Waals surface area contributed by atoms with Gasteiger partial charge in [0.25, 0.3) is 0 Å². The lowest BCUT2D eigenvalue weighted by Gasteiger charge is -2.08. The van der Waals surface area contributed by atoms with Gasteiger partial charge in [0.15, 0.2) is 15.6 Å². The summed E-state index contributed by atoms with van der Waals surface area (Å²) in [5, 5.41) is 0. The standard InChI is InChI=1S/C15H22O3S/c1-11(2)9-10-19(17,18)14-7-5-13(6-8-14)15(16)12(3)4/h5-8,11-12H,9-10H2,1-4H3. The van der Waals surface area contributed by atoms with Crippen molar-refractivity contribution in [3.8, 4) is 0 Å². The van der Waals surface area contributed by atoms with Gasteiger partial charge in [-0.15, -0.1) is 0 Å². The zero-order valence-corrected chi connectivity index (χ0v) is 12.8. The monoisotopic (exact) mass is 282 g/mol. The summed E-state index contributed by atoms with van der Waals surface area (Å²) < 4.78 is 24.1. The molecule has 19 heavy (non-hydrogen) atoms. The van der Waals surface area contributed by atoms with Gasteiger partial charge in [-0.3, -0.25) is 4.79 Å². The molecule has 0 spiro atoms. The average molecular weight is 282 g/mol. The first-order valence-electron chi connectivity index (χ1n) is 6.61. The molecule has 0 aromatic heterocycles. The Morgan fingerprint density at radius 2 is 1.58 bits per heavy atom. The van der Waals surface area contributed by atoms with Gasteiger partial charge in [0.05, 0.1) is 10.6 Å². The average Bonchev–Trinajstić information content (AvgIpc) is 2.35. The van der Waals surface area contributed by atoms with Crippen LogP contribution in [0.4, 0.5) is 0 Å². The van der Waals surface area contributed by atoms with E-state index in [9.17, 15) is 13.2 Å². The summed E-state index contributed by atoms with van der Waals surface area (Å²) in [6.07, 6.45) is 0.648. The largest absolute Gasteiger partial charge is 0.294 e. The first-order valence-corrected chi connectivity index (χ1v) is 8.26. The molecule has 0 saturated heterocycles. The molecule has 1 aromatic carbocycles. The lowest BCUT2D eigenvalue weighted by atomic mass is 10.0. The molecule has 0 fully saturated rings. The number of Topliss-reactive ketones (excluding diaryl/α,β-unsaturated/α-hetero) is 1. The minimum Gasteiger partial charge on any atom is -0.294 e. The fourth-order valence-corrected chi connectivity index (χ4v) is 3.24. The SMILES string of the molecule is CC(C)CCS(=O)(=O)c1ccc(C(=O)C(C)C)cc1. The molecule has 0 radical (unpaired) electrons. The molecule has 0 unspecified atom stereocenters. The number of rotatable bonds is 6. The Balaban J connectivity index is 2.90. The van der Waals surface area contributed by atoms with E-state index in [0.29, 0.717) is 22.8 Å². The number of hydrogen-bond acceptors (Lipinski definition) is 3. The van der Waals surface area contributed by atoms with Crippen molar-refractivity contribution in [1.29, 1.82) is 0 Å². The highest BCUT2D eigenvalue weighted by atomic mass is 32.2. The van der Waals surface area contributed by atoms with Gasteiger partial charge in [0.1, 0.15) is 0 Å². The lowest BCUT2D eigenvalue weighted by Crippen LogP contribution is -2.11. The van der Waals surface area contributed by atoms with E-state index < -0.39 is 9.84 Å². The Bertz CT molecular complexity index is 525. The first kappa shape index (κ1) is 15.9. The molecule has 0 amide bonds. The molecule has 0 N–H and O–H groups in total. The summed E-state index contributed by atoms with van der Waals surface area (Å²) in [5.41, 5.74) is 0.567. The smallest absolute Gasteiger partial charge is 0.178 e. The molecule has 0 heterocycles. The summed E-state index contributed by atoms with van der Waals surface area (Å²) >= 11 is 0. The molecule has 0 saturated carbocycles. The molecule has 1 aromatic rings. The number of carbonyl (C=O) groups excluding carboxylic acids is 1. The van der Waals surface area contributed by atoms with Crippen molar-refractivity contribution in [3.05, 3.63) is 29.8 Å². The van der Waals surface area contributed by atoms with E-state index in [1.165, 1.54) is 12.1 Å². The van der Waals surface area contributed by atoms with Crippen LogP contribution in [0.3, 0.4) is 0 Å². The van der Waals surface area contributed by atoms with Gasteiger partial charge in [0, 0.05) is 11.5 Å². The number of ketones is 1. The maximum atomic E-state index is 12.1. The lowest BCUT2D eigenvalue weighted by molar-refractivity contribution is 0.0939. The topological polar surface area (TPSA) is 51.2 Å². The number of carbonyl (C=O) groups is 1. The third kappa shape index (κ3) is 4.46. The summed E-state index contributed by atoms with van der Waals surface area (Å²) in [4.78, 5) is 12.1. The van der Waals surface area contributed by atoms with Crippen LogP contribution in [0.25, 0.3) is 0 Å². The Morgan fingerprint density at radius 3 is 2.00 bits per heavy atom. The quantitative estimate of drug-likeness (QED) is 0.752. The fraction of sp³-hybridized carbons (Fsp3) is 0.533. The van der Waals surface area contributed by atoms with Gasteiger partial charge in [-0.2, -0.15) is 0 Å². The van der Waals surface area contributed by atoms with Gasteiger partial charge in [-0.05, 0) is 24.5 Å². The molecule has 4 heteroatoms. The van der Waals surface area contributed by atoms with E-state index in [0.717, 1.165) is 0 Å². The normalized spacial score (nSPS) is 12.1. The van der Waals surface area contributed by atoms with Crippen molar-refractivity contribution < 1.29 is 13.2 Å². The molecule has 1 rings (SSSR count). The highest BCUT2D eigenvalue weighted by molar-refractivity contribution is 7.91. The van der Waals surface area contributed by atoms with E-state index >= 15 is 0 Å². The van der Waals surface area contributed by atoms with Crippen LogP contribution in [0.5, 0.6) is 0 Å². The minimum absolute atomic E-state index is 0.0335. The van der Waals surface area contributed by atoms with Gasteiger partial charge >= 0.3 is 0 Å². The van der Waals surface area contributed by atoms with Crippen LogP contribution in [-0.4, -0.2) is 20.0 Å². The van der Waals surface area contributed by atoms with Crippen LogP contribution >= 0.6 is 0 Å². The second kappa shape index (κ2) is 6.33. The van der Waals surface area contributed by atoms with Gasteiger partial charge in [-0.1, -0.05) is 39.8 Å². The van der Waals surface area contributed by atoms with Crippen molar-refractivity contribution >= 4 is 15.6 Å². The zero-order valence-electron chi connectivity index (χ0n) is 12.0. The number of benzene rings is 1. The Hall–Kier alpha value is -1.16. The predicted octanol–water partition coefficient (Wildman–Crippen LogP) is 3.35. The van der Waals surface area contributed by atoms with E-state index in [-0.39, 0.29) is 17.5 Å². The second-order valence-electron chi connectivity index (χ2n) is 5.54. The zero-order chi connectivity index (χ0) is 14.6. The van der Waals surface area contributed by atoms with Crippen molar-refractivity contribution in [2.45, 2.75) is 39.0 Å². The van der Waals surface area contributed by atoms with E-state index in [1.54, 1.807) is 12.1 Å². The molecule has 0 atom stereocenters. The number of hydrogen-bond donors (Lipinski definition) is 0. The minimum atomic E-state index is -3.23. The van der Waals surface area contributed by atoms with Crippen LogP contribution in [0.15, 0.2) is 29.2 Å². The van der Waals surface area contributed by atoms with Gasteiger partial charge in [0.2, 0.25) is 0 Å². The Morgan fingerprint density at radius 1 is 1.05 bits per heavy atom. The van der Waals surface area contributed by atoms with Crippen LogP contribution in [-0.2, 0) is 9.84 Å². The Labute approximate surface area is 116 Å². The van der Waals surface area contributed by atoms with E-state index in [2.05, 4.69) is 0 Å². The molecule has 0 aliphatic heterocycles. The number of sulfone groups is 1. The molecular formula is C15H22O3S. The molecule has 106 valence electrons. The van der Waals surface area contributed by atoms with Crippen molar-refractivity contribution in [3.63, 3.8) is 0 Å². The summed E-state index contributed by atoms with van der Waals surface area (Å²) in [7, 11) is -3.23. The summed E-state index contributed by atoms with van der Waals surface area (Å²) in [5.74, 6) is 0.466. The second-order valence-corrected chi connectivity index (χ2v) is 7.65. The highest BCUT2D eigenvalue weighted by Crippen LogP contribution is 2.17. The van der Waals surface area contributed by atoms with Gasteiger partial charge in [-0.25, -0.2) is 8.42 Å². The maximum absolute atomic E-state index is 12.1. The Kier molecular flexibility index (Phi) is 5.29. The molecule has 3 nitrogen and oxygen atoms in total. The van der Waals surface area contributed by atoms with Crippen molar-refractivity contribution in [1.82, 2.24) is 0 Å². The van der Waals surface area contributed by atoms with Gasteiger partial charge < -0.3 is 0 Å². The summed E-state index contributed by atoms with van der Waals surface area (Å²) in [6.45, 7) is 7.66. The third-order valence-corrected chi connectivity index (χ3v) is 4.75. The summed E-state index contributed by atoms with van der Waals surface area (Å²) in [6, 6.07) is 6.27. The van der Waals surface area contributed by atoms with E-state index in [4.69, 9.17) is 0 Å². The van der Waals surface area contributed by atoms with Crippen LogP contribution in [0, 0.1) is 11.8 Å². The predicted molar refractivity (Wildman–Crippen MR) is 77.1 cm³/mol. The molecule has 0 aliphatic carbocycles. The van der Waals surface area contributed by atoms with E-state index in [1.807, 2.05) is 27.7 Å². The van der Waals surface area contributed by atoms with Crippen LogP contribution < -0.4 is 0 Å². The molecule has 0 aliphatic rings. The van der Waals surface area contributed by atoms with Crippen LogP contribution in [0.1, 0.15) is 44.5 Å². The van der Waals surface area contributed by atoms with Crippen LogP contribution in [0.2, 0.25) is 0 Å². The van der Waals surface area contributed by atoms with Crippen molar-refractivity contribution in [2.75, 3.05) is 5.75 Å². The fourth-order valence-electron chi connectivity index (χ4n) is 1.67. The molecular weight excluding hydrogens is 260 g/mol.